The van der Waals surface area contributed by atoms with E-state index in [4.69, 9.17) is 14.2 Å². The Morgan fingerprint density at radius 3 is 2.57 bits per heavy atom. The number of hydrogen-bond acceptors (Lipinski definition) is 5. The quantitative estimate of drug-likeness (QED) is 0.694. The Kier molecular flexibility index (Phi) is 6.37. The van der Waals surface area contributed by atoms with E-state index in [0.29, 0.717) is 29.5 Å². The fourth-order valence-electron chi connectivity index (χ4n) is 2.67. The average molecular weight is 384 g/mol. The molecule has 0 unspecified atom stereocenters. The number of carbonyl (C=O) groups is 2. The molecule has 0 aromatic heterocycles. The van der Waals surface area contributed by atoms with Gasteiger partial charge in [0.1, 0.15) is 17.2 Å². The van der Waals surface area contributed by atoms with Crippen LogP contribution in [0, 0.1) is 5.92 Å². The average Bonchev–Trinajstić information content (AvgIpc) is 3.56. The highest BCUT2D eigenvalue weighted by Crippen LogP contribution is 2.30. The van der Waals surface area contributed by atoms with Crippen molar-refractivity contribution in [2.24, 2.45) is 5.92 Å². The van der Waals surface area contributed by atoms with Crippen molar-refractivity contribution in [2.45, 2.75) is 19.4 Å². The molecule has 2 aromatic carbocycles. The van der Waals surface area contributed by atoms with E-state index in [-0.39, 0.29) is 24.3 Å². The van der Waals surface area contributed by atoms with Gasteiger partial charge in [0.25, 0.3) is 5.91 Å². The number of carbonyl (C=O) groups excluding carboxylic acids is 2. The molecule has 148 valence electrons. The summed E-state index contributed by atoms with van der Waals surface area (Å²) in [4.78, 5) is 24.0. The van der Waals surface area contributed by atoms with Crippen molar-refractivity contribution in [3.05, 3.63) is 48.0 Å². The summed E-state index contributed by atoms with van der Waals surface area (Å²) in [5.41, 5.74) is 1.47. The van der Waals surface area contributed by atoms with Crippen LogP contribution in [0.5, 0.6) is 17.2 Å². The van der Waals surface area contributed by atoms with Gasteiger partial charge in [0.2, 0.25) is 5.91 Å². The number of hydrogen-bond donors (Lipinski definition) is 2. The second kappa shape index (κ2) is 9.12. The van der Waals surface area contributed by atoms with E-state index in [2.05, 4.69) is 10.6 Å². The largest absolute Gasteiger partial charge is 0.497 e. The monoisotopic (exact) mass is 384 g/mol. The van der Waals surface area contributed by atoms with Gasteiger partial charge in [0.05, 0.1) is 14.2 Å². The van der Waals surface area contributed by atoms with E-state index in [1.54, 1.807) is 50.6 Å². The summed E-state index contributed by atoms with van der Waals surface area (Å²) in [6, 6.07) is 12.4. The Balaban J connectivity index is 1.50. The van der Waals surface area contributed by atoms with Gasteiger partial charge in [-0.15, -0.1) is 0 Å². The predicted molar refractivity (Wildman–Crippen MR) is 105 cm³/mol. The maximum absolute atomic E-state index is 12.1. The fourth-order valence-corrected chi connectivity index (χ4v) is 2.67. The normalized spacial score (nSPS) is 12.8. The van der Waals surface area contributed by atoms with Crippen molar-refractivity contribution in [1.82, 2.24) is 5.32 Å². The van der Waals surface area contributed by atoms with E-state index in [1.165, 1.54) is 0 Å². The van der Waals surface area contributed by atoms with Crippen molar-refractivity contribution in [2.75, 3.05) is 26.1 Å². The minimum atomic E-state index is -0.266. The van der Waals surface area contributed by atoms with Gasteiger partial charge in [0.15, 0.2) is 6.61 Å². The van der Waals surface area contributed by atoms with Gasteiger partial charge in [-0.1, -0.05) is 6.07 Å². The van der Waals surface area contributed by atoms with Gasteiger partial charge in [-0.25, -0.2) is 0 Å². The Bertz CT molecular complexity index is 848. The van der Waals surface area contributed by atoms with Gasteiger partial charge in [-0.3, -0.25) is 9.59 Å². The van der Waals surface area contributed by atoms with Crippen molar-refractivity contribution < 1.29 is 23.8 Å². The van der Waals surface area contributed by atoms with Gasteiger partial charge in [-0.2, -0.15) is 0 Å². The van der Waals surface area contributed by atoms with Crippen LogP contribution in [0.4, 0.5) is 5.69 Å². The molecular weight excluding hydrogens is 360 g/mol. The van der Waals surface area contributed by atoms with Crippen molar-refractivity contribution in [3.8, 4) is 17.2 Å². The number of nitrogens with one attached hydrogen (secondary N) is 2. The van der Waals surface area contributed by atoms with Crippen LogP contribution in [0.3, 0.4) is 0 Å². The number of methoxy groups -OCH3 is 2. The first-order valence-corrected chi connectivity index (χ1v) is 9.10. The minimum Gasteiger partial charge on any atom is -0.497 e. The third-order valence-electron chi connectivity index (χ3n) is 4.38. The summed E-state index contributed by atoms with van der Waals surface area (Å²) in [5.74, 6) is 1.76. The molecule has 0 bridgehead atoms. The Morgan fingerprint density at radius 2 is 1.86 bits per heavy atom. The molecule has 2 N–H and O–H groups in total. The first kappa shape index (κ1) is 19.5. The molecule has 1 aliphatic carbocycles. The molecule has 0 spiro atoms. The van der Waals surface area contributed by atoms with Gasteiger partial charge in [0, 0.05) is 29.8 Å². The molecular formula is C21H24N2O5. The predicted octanol–water partition coefficient (Wildman–Crippen LogP) is 2.75. The van der Waals surface area contributed by atoms with Gasteiger partial charge < -0.3 is 24.8 Å². The zero-order valence-corrected chi connectivity index (χ0v) is 16.0. The highest BCUT2D eigenvalue weighted by Gasteiger charge is 2.29. The molecule has 1 saturated carbocycles. The molecule has 0 heterocycles. The van der Waals surface area contributed by atoms with Crippen LogP contribution in [-0.2, 0) is 16.1 Å². The molecule has 7 nitrogen and oxygen atoms in total. The molecule has 28 heavy (non-hydrogen) atoms. The minimum absolute atomic E-state index is 0.0297. The fraction of sp³-hybridized carbons (Fsp3) is 0.333. The Morgan fingerprint density at radius 1 is 1.04 bits per heavy atom. The van der Waals surface area contributed by atoms with E-state index in [1.807, 2.05) is 6.07 Å². The molecule has 2 aromatic rings. The number of benzene rings is 2. The van der Waals surface area contributed by atoms with Crippen LogP contribution in [-0.4, -0.2) is 32.6 Å². The number of ether oxygens (including phenoxy) is 3. The van der Waals surface area contributed by atoms with Crippen LogP contribution in [0.2, 0.25) is 0 Å². The van der Waals surface area contributed by atoms with Crippen LogP contribution >= 0.6 is 0 Å². The highest BCUT2D eigenvalue weighted by molar-refractivity contribution is 5.94. The van der Waals surface area contributed by atoms with Crippen LogP contribution in [0.15, 0.2) is 42.5 Å². The highest BCUT2D eigenvalue weighted by atomic mass is 16.5. The molecule has 1 fully saturated rings. The topological polar surface area (TPSA) is 85.9 Å². The molecule has 2 amide bonds. The first-order valence-electron chi connectivity index (χ1n) is 9.10. The lowest BCUT2D eigenvalue weighted by Crippen LogP contribution is -2.28. The van der Waals surface area contributed by atoms with E-state index in [9.17, 15) is 9.59 Å². The standard InChI is InChI=1S/C21H24N2O5/c1-26-17-8-9-19(27-2)15(10-17)12-22-20(24)13-28-18-5-3-4-16(11-18)23-21(25)14-6-7-14/h3-5,8-11,14H,6-7,12-13H2,1-2H3,(H,22,24)(H,23,25). The van der Waals surface area contributed by atoms with Crippen LogP contribution in [0.1, 0.15) is 18.4 Å². The zero-order valence-electron chi connectivity index (χ0n) is 16.0. The molecule has 0 aliphatic heterocycles. The Hall–Kier alpha value is -3.22. The van der Waals surface area contributed by atoms with Crippen molar-refractivity contribution >= 4 is 17.5 Å². The second-order valence-electron chi connectivity index (χ2n) is 6.53. The summed E-state index contributed by atoms with van der Waals surface area (Å²) >= 11 is 0. The first-order chi connectivity index (χ1) is 13.6. The zero-order chi connectivity index (χ0) is 19.9. The van der Waals surface area contributed by atoms with Gasteiger partial charge >= 0.3 is 0 Å². The van der Waals surface area contributed by atoms with Gasteiger partial charge in [-0.05, 0) is 43.2 Å². The lowest BCUT2D eigenvalue weighted by Gasteiger charge is -2.12. The lowest BCUT2D eigenvalue weighted by atomic mass is 10.2. The second-order valence-corrected chi connectivity index (χ2v) is 6.53. The number of rotatable bonds is 9. The summed E-state index contributed by atoms with van der Waals surface area (Å²) in [5, 5.41) is 5.65. The van der Waals surface area contributed by atoms with Crippen LogP contribution in [0.25, 0.3) is 0 Å². The molecule has 0 radical (unpaired) electrons. The van der Waals surface area contributed by atoms with E-state index < -0.39 is 0 Å². The van der Waals surface area contributed by atoms with Crippen molar-refractivity contribution in [1.29, 1.82) is 0 Å². The molecule has 3 rings (SSSR count). The Labute approximate surface area is 164 Å². The van der Waals surface area contributed by atoms with E-state index in [0.717, 1.165) is 18.4 Å². The summed E-state index contributed by atoms with van der Waals surface area (Å²) in [6.45, 7) is 0.159. The summed E-state index contributed by atoms with van der Waals surface area (Å²) in [6.07, 6.45) is 1.89. The van der Waals surface area contributed by atoms with Crippen molar-refractivity contribution in [3.63, 3.8) is 0 Å². The number of amides is 2. The third-order valence-corrected chi connectivity index (χ3v) is 4.38. The number of anilines is 1. The summed E-state index contributed by atoms with van der Waals surface area (Å²) < 4.78 is 16.0. The smallest absolute Gasteiger partial charge is 0.258 e. The summed E-state index contributed by atoms with van der Waals surface area (Å²) in [7, 11) is 3.16. The SMILES string of the molecule is COc1ccc(OC)c(CNC(=O)COc2cccc(NC(=O)C3CC3)c2)c1. The maximum Gasteiger partial charge on any atom is 0.258 e. The molecule has 0 atom stereocenters. The molecule has 7 heteroatoms. The third kappa shape index (κ3) is 5.39. The lowest BCUT2D eigenvalue weighted by molar-refractivity contribution is -0.123. The molecule has 1 aliphatic rings. The van der Waals surface area contributed by atoms with E-state index >= 15 is 0 Å². The maximum atomic E-state index is 12.1. The van der Waals surface area contributed by atoms with Crippen LogP contribution < -0.4 is 24.8 Å². The molecule has 0 saturated heterocycles.